The van der Waals surface area contributed by atoms with Crippen LogP contribution in [0.2, 0.25) is 0 Å². The Labute approximate surface area is 141 Å². The van der Waals surface area contributed by atoms with Crippen molar-refractivity contribution in [1.82, 2.24) is 20.2 Å². The Morgan fingerprint density at radius 2 is 2.21 bits per heavy atom. The molecule has 1 fully saturated rings. The monoisotopic (exact) mass is 333 g/mol. The normalized spacial score (nSPS) is 22.6. The third-order valence-electron chi connectivity index (χ3n) is 4.86. The van der Waals surface area contributed by atoms with Gasteiger partial charge in [0.25, 0.3) is 0 Å². The number of quaternary nitrogens is 1. The summed E-state index contributed by atoms with van der Waals surface area (Å²) in [5.41, 5.74) is 5.45. The molecule has 3 N–H and O–H groups in total. The molecule has 1 aliphatic rings. The van der Waals surface area contributed by atoms with Crippen molar-refractivity contribution in [3.05, 3.63) is 30.0 Å². The molecule has 0 saturated carbocycles. The topological polar surface area (TPSA) is 104 Å². The smallest absolute Gasteiger partial charge is 0.220 e. The molecule has 0 bridgehead atoms. The fourth-order valence-corrected chi connectivity index (χ4v) is 3.63. The molecule has 2 aromatic heterocycles. The number of hydrogen-bond acceptors (Lipinski definition) is 5. The first-order valence-electron chi connectivity index (χ1n) is 8.48. The molecule has 0 unspecified atom stereocenters. The Kier molecular flexibility index (Phi) is 4.94. The first kappa shape index (κ1) is 16.6. The van der Waals surface area contributed by atoms with E-state index in [1.807, 2.05) is 16.8 Å². The van der Waals surface area contributed by atoms with Crippen molar-refractivity contribution in [2.75, 3.05) is 13.1 Å². The summed E-state index contributed by atoms with van der Waals surface area (Å²) in [5, 5.41) is 12.3. The van der Waals surface area contributed by atoms with E-state index in [9.17, 15) is 4.79 Å². The molecule has 1 amide bonds. The number of nitrogens with zero attached hydrogens (tertiary/aromatic N) is 4. The number of rotatable bonds is 6. The van der Waals surface area contributed by atoms with Crippen LogP contribution < -0.4 is 10.6 Å². The lowest BCUT2D eigenvalue weighted by Gasteiger charge is -2.35. The number of furan rings is 1. The molecule has 1 saturated heterocycles. The van der Waals surface area contributed by atoms with E-state index >= 15 is 0 Å². The number of aromatic nitrogens is 4. The minimum absolute atomic E-state index is 0.000626. The summed E-state index contributed by atoms with van der Waals surface area (Å²) in [6.07, 6.45) is 3.31. The zero-order valence-corrected chi connectivity index (χ0v) is 14.2. The summed E-state index contributed by atoms with van der Waals surface area (Å²) < 4.78 is 7.23. The van der Waals surface area contributed by atoms with E-state index < -0.39 is 0 Å². The summed E-state index contributed by atoms with van der Waals surface area (Å²) in [4.78, 5) is 12.8. The first-order chi connectivity index (χ1) is 11.6. The number of hydrogen-bond donors (Lipinski definition) is 2. The highest BCUT2D eigenvalue weighted by Gasteiger charge is 2.36. The molecule has 2 aromatic rings. The van der Waals surface area contributed by atoms with Gasteiger partial charge in [-0.2, -0.15) is 0 Å². The molecule has 24 heavy (non-hydrogen) atoms. The van der Waals surface area contributed by atoms with Crippen LogP contribution in [0.1, 0.15) is 44.3 Å². The van der Waals surface area contributed by atoms with Crippen LogP contribution in [0.15, 0.2) is 22.8 Å². The Morgan fingerprint density at radius 3 is 2.79 bits per heavy atom. The van der Waals surface area contributed by atoms with Gasteiger partial charge in [-0.3, -0.25) is 4.79 Å². The molecule has 0 aromatic carbocycles. The molecule has 3 rings (SSSR count). The van der Waals surface area contributed by atoms with Crippen LogP contribution in [0.5, 0.6) is 0 Å². The quantitative estimate of drug-likeness (QED) is 0.761. The van der Waals surface area contributed by atoms with Crippen LogP contribution in [0.3, 0.4) is 0 Å². The minimum Gasteiger partial charge on any atom is -0.467 e. The second-order valence-corrected chi connectivity index (χ2v) is 6.83. The molecule has 8 nitrogen and oxygen atoms in total. The number of tetrazole rings is 1. The summed E-state index contributed by atoms with van der Waals surface area (Å²) >= 11 is 0. The highest BCUT2D eigenvalue weighted by Crippen LogP contribution is 2.19. The molecule has 1 aliphatic heterocycles. The van der Waals surface area contributed by atoms with Crippen molar-refractivity contribution in [1.29, 1.82) is 0 Å². The van der Waals surface area contributed by atoms with Crippen LogP contribution in [-0.4, -0.2) is 39.2 Å². The van der Waals surface area contributed by atoms with Gasteiger partial charge in [0.05, 0.1) is 19.4 Å². The van der Waals surface area contributed by atoms with Crippen LogP contribution in [0.25, 0.3) is 0 Å². The van der Waals surface area contributed by atoms with Crippen molar-refractivity contribution in [3.63, 3.8) is 0 Å². The summed E-state index contributed by atoms with van der Waals surface area (Å²) in [6, 6.07) is 3.96. The maximum Gasteiger partial charge on any atom is 0.220 e. The van der Waals surface area contributed by atoms with Crippen molar-refractivity contribution in [3.8, 4) is 0 Å². The van der Waals surface area contributed by atoms with E-state index in [1.54, 1.807) is 6.26 Å². The van der Waals surface area contributed by atoms with Crippen LogP contribution >= 0.6 is 0 Å². The number of piperidine rings is 1. The standard InChI is InChI=1S/C16H24N6O2/c1-11(2)14(21-7-5-12(6-8-21)15(17)23)16-18-19-20-22(16)10-13-4-3-9-24-13/h3-4,9,11-12,14H,5-8,10H2,1-2H3,(H2,17,23)/p+1/t14-/m1/s1. The van der Waals surface area contributed by atoms with Crippen molar-refractivity contribution in [2.45, 2.75) is 39.3 Å². The maximum absolute atomic E-state index is 11.4. The molecule has 0 spiro atoms. The van der Waals surface area contributed by atoms with Gasteiger partial charge in [0.2, 0.25) is 11.7 Å². The summed E-state index contributed by atoms with van der Waals surface area (Å²) in [5.74, 6) is 1.90. The van der Waals surface area contributed by atoms with Gasteiger partial charge < -0.3 is 15.1 Å². The molecule has 0 radical (unpaired) electrons. The molecule has 1 atom stereocenters. The van der Waals surface area contributed by atoms with E-state index in [-0.39, 0.29) is 17.9 Å². The average Bonchev–Trinajstić information content (AvgIpc) is 3.21. The second-order valence-electron chi connectivity index (χ2n) is 6.83. The number of nitrogens with two attached hydrogens (primary N) is 1. The molecule has 130 valence electrons. The van der Waals surface area contributed by atoms with Crippen molar-refractivity contribution in [2.24, 2.45) is 17.6 Å². The Morgan fingerprint density at radius 1 is 1.46 bits per heavy atom. The van der Waals surface area contributed by atoms with Crippen LogP contribution in [0.4, 0.5) is 0 Å². The Bertz CT molecular complexity index is 658. The lowest BCUT2D eigenvalue weighted by molar-refractivity contribution is -0.941. The van der Waals surface area contributed by atoms with Crippen molar-refractivity contribution >= 4 is 5.91 Å². The van der Waals surface area contributed by atoms with E-state index in [1.165, 1.54) is 4.90 Å². The number of carbonyl (C=O) groups excluding carboxylic acids is 1. The summed E-state index contributed by atoms with van der Waals surface area (Å²) in [7, 11) is 0. The lowest BCUT2D eigenvalue weighted by atomic mass is 9.92. The predicted octanol–water partition coefficient (Wildman–Crippen LogP) is -0.208. The third-order valence-corrected chi connectivity index (χ3v) is 4.86. The van der Waals surface area contributed by atoms with Gasteiger partial charge in [-0.15, -0.1) is 5.10 Å². The first-order valence-corrected chi connectivity index (χ1v) is 8.48. The van der Waals surface area contributed by atoms with Crippen LogP contribution in [-0.2, 0) is 11.3 Å². The average molecular weight is 333 g/mol. The predicted molar refractivity (Wildman–Crippen MR) is 85.8 cm³/mol. The molecule has 0 aliphatic carbocycles. The van der Waals surface area contributed by atoms with E-state index in [2.05, 4.69) is 29.4 Å². The maximum atomic E-state index is 11.4. The Hall–Kier alpha value is -2.22. The van der Waals surface area contributed by atoms with Gasteiger partial charge >= 0.3 is 0 Å². The number of amides is 1. The summed E-state index contributed by atoms with van der Waals surface area (Å²) in [6.45, 7) is 6.71. The highest BCUT2D eigenvalue weighted by atomic mass is 16.3. The van der Waals surface area contributed by atoms with Gasteiger partial charge in [-0.25, -0.2) is 4.68 Å². The van der Waals surface area contributed by atoms with Crippen molar-refractivity contribution < 1.29 is 14.1 Å². The molecule has 8 heteroatoms. The number of nitrogens with one attached hydrogen (secondary N) is 1. The number of primary amides is 1. The van der Waals surface area contributed by atoms with Gasteiger partial charge in [0.15, 0.2) is 6.04 Å². The Balaban J connectivity index is 1.77. The second kappa shape index (κ2) is 7.12. The minimum atomic E-state index is -0.183. The van der Waals surface area contributed by atoms with E-state index in [0.717, 1.165) is 37.5 Å². The SMILES string of the molecule is CC(C)[C@H](c1nnnn1Cc1ccco1)[NH+]1CCC(C(N)=O)CC1. The van der Waals surface area contributed by atoms with Gasteiger partial charge in [0.1, 0.15) is 12.3 Å². The van der Waals surface area contributed by atoms with Crippen LogP contribution in [0, 0.1) is 11.8 Å². The third kappa shape index (κ3) is 3.48. The fourth-order valence-electron chi connectivity index (χ4n) is 3.63. The fraction of sp³-hybridized carbons (Fsp3) is 0.625. The highest BCUT2D eigenvalue weighted by molar-refractivity contribution is 5.76. The zero-order valence-electron chi connectivity index (χ0n) is 14.2. The lowest BCUT2D eigenvalue weighted by Crippen LogP contribution is -3.14. The van der Waals surface area contributed by atoms with Gasteiger partial charge in [0, 0.05) is 24.7 Å². The van der Waals surface area contributed by atoms with Gasteiger partial charge in [-0.1, -0.05) is 13.8 Å². The molecular weight excluding hydrogens is 308 g/mol. The largest absolute Gasteiger partial charge is 0.467 e. The van der Waals surface area contributed by atoms with E-state index in [0.29, 0.717) is 12.5 Å². The molecular formula is C16H25N6O2+. The van der Waals surface area contributed by atoms with Gasteiger partial charge in [-0.05, 0) is 22.6 Å². The number of carbonyl (C=O) groups is 1. The van der Waals surface area contributed by atoms with E-state index in [4.69, 9.17) is 10.2 Å². The zero-order chi connectivity index (χ0) is 17.1. The number of likely N-dealkylation sites (tertiary alicyclic amines) is 1. The molecule has 3 heterocycles.